The van der Waals surface area contributed by atoms with Crippen molar-refractivity contribution in [2.24, 2.45) is 4.99 Å². The maximum absolute atomic E-state index is 9.49. The van der Waals surface area contributed by atoms with Crippen molar-refractivity contribution in [1.82, 2.24) is 0 Å². The van der Waals surface area contributed by atoms with Crippen LogP contribution in [0.4, 0.5) is 0 Å². The van der Waals surface area contributed by atoms with Crippen LogP contribution in [0, 0.1) is 23.0 Å². The van der Waals surface area contributed by atoms with Crippen LogP contribution >= 0.6 is 0 Å². The Morgan fingerprint density at radius 1 is 1.30 bits per heavy atom. The summed E-state index contributed by atoms with van der Waals surface area (Å²) < 4.78 is 7.91. The summed E-state index contributed by atoms with van der Waals surface area (Å²) in [6.07, 6.45) is 1.94. The molecule has 0 atom stereocenters. The molecule has 0 bridgehead atoms. The lowest BCUT2D eigenvalue weighted by Crippen LogP contribution is -2.07. The van der Waals surface area contributed by atoms with E-state index in [4.69, 9.17) is 10.5 Å². The maximum Gasteiger partial charge on any atom is 0.375 e. The van der Waals surface area contributed by atoms with Crippen LogP contribution in [-0.4, -0.2) is 12.5 Å². The van der Waals surface area contributed by atoms with Gasteiger partial charge < -0.3 is 9.47 Å². The van der Waals surface area contributed by atoms with E-state index < -0.39 is 6.41 Å². The van der Waals surface area contributed by atoms with Gasteiger partial charge in [-0.3, -0.25) is 0 Å². The first-order valence-electron chi connectivity index (χ1n) is 2.01. The molecule has 0 saturated heterocycles. The van der Waals surface area contributed by atoms with E-state index in [1.165, 1.54) is 12.5 Å². The number of isocyanates is 1. The lowest BCUT2D eigenvalue weighted by Gasteiger charge is -1.99. The van der Waals surface area contributed by atoms with Gasteiger partial charge in [0.05, 0.1) is 0 Å². The summed E-state index contributed by atoms with van der Waals surface area (Å²) >= 11 is 0. The molecule has 0 unspecified atom stereocenters. The van der Waals surface area contributed by atoms with Gasteiger partial charge in [-0.1, -0.05) is 0 Å². The zero-order valence-electron chi connectivity index (χ0n) is 4.64. The summed E-state index contributed by atoms with van der Waals surface area (Å²) in [6.45, 7) is 0. The number of hydrogen-bond donors (Lipinski definition) is 0. The summed E-state index contributed by atoms with van der Waals surface area (Å²) in [6, 6.07) is 0. The molecule has 0 aliphatic heterocycles. The molecular weight excluding hydrogens is 138 g/mol. The lowest BCUT2D eigenvalue weighted by molar-refractivity contribution is -0.0355. The van der Waals surface area contributed by atoms with Gasteiger partial charge >= 0.3 is 6.41 Å². The number of aliphatic imine (C=N–C) groups is 1. The van der Waals surface area contributed by atoms with Crippen molar-refractivity contribution in [3.63, 3.8) is 0 Å². The van der Waals surface area contributed by atoms with Crippen molar-refractivity contribution in [3.05, 3.63) is 0 Å². The summed E-state index contributed by atoms with van der Waals surface area (Å²) in [4.78, 5) is 12.3. The summed E-state index contributed by atoms with van der Waals surface area (Å²) in [5.74, 6) is 0. The molecule has 0 heterocycles. The van der Waals surface area contributed by atoms with Crippen LogP contribution in [0.5, 0.6) is 0 Å². The molecule has 0 amide bonds. The zero-order chi connectivity index (χ0) is 7.82. The highest BCUT2D eigenvalue weighted by molar-refractivity contribution is 5.32. The number of rotatable bonds is 3. The highest BCUT2D eigenvalue weighted by Gasteiger charge is 2.05. The van der Waals surface area contributed by atoms with Gasteiger partial charge in [-0.15, -0.1) is 4.99 Å². The molecule has 0 aromatic carbocycles. The van der Waals surface area contributed by atoms with Crippen molar-refractivity contribution < 1.29 is 14.3 Å². The minimum atomic E-state index is -1.49. The Bertz CT molecular complexity index is 203. The van der Waals surface area contributed by atoms with E-state index in [9.17, 15) is 4.79 Å². The van der Waals surface area contributed by atoms with Crippen molar-refractivity contribution in [2.75, 3.05) is 0 Å². The Kier molecular flexibility index (Phi) is 4.06. The van der Waals surface area contributed by atoms with Crippen LogP contribution in [0.3, 0.4) is 0 Å². The van der Waals surface area contributed by atoms with Crippen LogP contribution < -0.4 is 0 Å². The average Bonchev–Trinajstić information content (AvgIpc) is 1.90. The maximum atomic E-state index is 9.49. The SMILES string of the molecule is N#COC(N=C=O)OC#N. The Hall–Kier alpha value is -2.04. The minimum absolute atomic E-state index is 1.06. The Morgan fingerprint density at radius 2 is 1.80 bits per heavy atom. The highest BCUT2D eigenvalue weighted by atomic mass is 16.7. The molecule has 6 nitrogen and oxygen atoms in total. The molecule has 6 heteroatoms. The van der Waals surface area contributed by atoms with Crippen molar-refractivity contribution in [2.45, 2.75) is 6.41 Å². The normalized spacial score (nSPS) is 6.70. The third-order valence-electron chi connectivity index (χ3n) is 0.465. The van der Waals surface area contributed by atoms with Crippen molar-refractivity contribution in [3.8, 4) is 12.5 Å². The molecule has 0 radical (unpaired) electrons. The first kappa shape index (κ1) is 7.96. The second kappa shape index (κ2) is 5.10. The molecule has 0 spiro atoms. The lowest BCUT2D eigenvalue weighted by atomic mass is 11.1. The quantitative estimate of drug-likeness (QED) is 0.229. The van der Waals surface area contributed by atoms with Gasteiger partial charge in [0, 0.05) is 0 Å². The predicted molar refractivity (Wildman–Crippen MR) is 25.3 cm³/mol. The molecule has 0 aliphatic carbocycles. The van der Waals surface area contributed by atoms with Crippen LogP contribution in [-0.2, 0) is 14.3 Å². The first-order valence-corrected chi connectivity index (χ1v) is 2.01. The summed E-state index contributed by atoms with van der Waals surface area (Å²) in [7, 11) is 0. The van der Waals surface area contributed by atoms with Gasteiger partial charge in [0.1, 0.15) is 0 Å². The molecule has 10 heavy (non-hydrogen) atoms. The predicted octanol–water partition coefficient (Wildman–Crippen LogP) is -0.399. The Labute approximate surface area is 55.9 Å². The first-order chi connectivity index (χ1) is 4.85. The van der Waals surface area contributed by atoms with Crippen LogP contribution in [0.15, 0.2) is 4.99 Å². The van der Waals surface area contributed by atoms with Gasteiger partial charge in [-0.05, 0) is 0 Å². The van der Waals surface area contributed by atoms with Crippen molar-refractivity contribution >= 4 is 6.08 Å². The fourth-order valence-corrected chi connectivity index (χ4v) is 0.210. The van der Waals surface area contributed by atoms with Crippen molar-refractivity contribution in [1.29, 1.82) is 10.5 Å². The van der Waals surface area contributed by atoms with E-state index in [0.29, 0.717) is 0 Å². The fourth-order valence-electron chi connectivity index (χ4n) is 0.210. The number of nitrogens with zero attached hydrogens (tertiary/aromatic N) is 3. The number of ether oxygens (including phenoxy) is 2. The smallest absolute Gasteiger partial charge is 0.361 e. The van der Waals surface area contributed by atoms with E-state index in [2.05, 4.69) is 14.5 Å². The number of nitriles is 2. The summed E-state index contributed by atoms with van der Waals surface area (Å²) in [5.41, 5.74) is 0. The second-order valence-electron chi connectivity index (χ2n) is 0.946. The van der Waals surface area contributed by atoms with E-state index in [-0.39, 0.29) is 0 Å². The van der Waals surface area contributed by atoms with E-state index in [1.807, 2.05) is 0 Å². The second-order valence-corrected chi connectivity index (χ2v) is 0.946. The van der Waals surface area contributed by atoms with Gasteiger partial charge in [0.2, 0.25) is 6.08 Å². The minimum Gasteiger partial charge on any atom is -0.361 e. The molecule has 0 aromatic heterocycles. The van der Waals surface area contributed by atoms with Gasteiger partial charge in [0.25, 0.3) is 12.5 Å². The van der Waals surface area contributed by atoms with Crippen LogP contribution in [0.25, 0.3) is 0 Å². The molecule has 0 fully saturated rings. The molecule has 0 aliphatic rings. The largest absolute Gasteiger partial charge is 0.375 e. The van der Waals surface area contributed by atoms with E-state index in [0.717, 1.165) is 6.08 Å². The number of hydrogen-bond acceptors (Lipinski definition) is 6. The highest BCUT2D eigenvalue weighted by Crippen LogP contribution is 1.91. The van der Waals surface area contributed by atoms with Crippen LogP contribution in [0.1, 0.15) is 0 Å². The molecular formula is C4HN3O3. The van der Waals surface area contributed by atoms with Crippen LogP contribution in [0.2, 0.25) is 0 Å². The molecule has 0 aromatic rings. The Morgan fingerprint density at radius 3 is 2.10 bits per heavy atom. The molecule has 0 rings (SSSR count). The van der Waals surface area contributed by atoms with Gasteiger partial charge in [-0.25, -0.2) is 4.79 Å². The monoisotopic (exact) mass is 139 g/mol. The van der Waals surface area contributed by atoms with Gasteiger partial charge in [0.15, 0.2) is 0 Å². The zero-order valence-corrected chi connectivity index (χ0v) is 4.64. The molecule has 0 N–H and O–H groups in total. The average molecular weight is 139 g/mol. The third-order valence-corrected chi connectivity index (χ3v) is 0.465. The van der Waals surface area contributed by atoms with E-state index >= 15 is 0 Å². The topological polar surface area (TPSA) is 95.5 Å². The van der Waals surface area contributed by atoms with Gasteiger partial charge in [-0.2, -0.15) is 10.5 Å². The fraction of sp³-hybridized carbons (Fsp3) is 0.250. The summed E-state index contributed by atoms with van der Waals surface area (Å²) in [5, 5.41) is 15.7. The van der Waals surface area contributed by atoms with E-state index in [1.54, 1.807) is 0 Å². The third kappa shape index (κ3) is 3.03. The Balaban J connectivity index is 3.89. The molecule has 0 saturated carbocycles. The number of carbonyl (C=O) groups excluding carboxylic acids is 1. The molecule has 50 valence electrons. The standard InChI is InChI=1S/C4HN3O3/c5-1-9-4(7-3-8)10-2-6/h4H.